The van der Waals surface area contributed by atoms with Crippen LogP contribution in [0, 0.1) is 0 Å². The molecule has 0 aliphatic carbocycles. The Hall–Kier alpha value is -1.98. The monoisotopic (exact) mass is 463 g/mol. The summed E-state index contributed by atoms with van der Waals surface area (Å²) in [6.07, 6.45) is 5.14. The van der Waals surface area contributed by atoms with Gasteiger partial charge in [0, 0.05) is 38.7 Å². The van der Waals surface area contributed by atoms with E-state index in [0.29, 0.717) is 5.82 Å². The van der Waals surface area contributed by atoms with Gasteiger partial charge in [0.2, 0.25) is 0 Å². The van der Waals surface area contributed by atoms with E-state index in [1.54, 1.807) is 30.7 Å². The van der Waals surface area contributed by atoms with Gasteiger partial charge in [0.15, 0.2) is 0 Å². The first-order valence-corrected chi connectivity index (χ1v) is 7.51. The second-order valence-corrected chi connectivity index (χ2v) is 4.87. The van der Waals surface area contributed by atoms with Gasteiger partial charge >= 0.3 is 5.97 Å². The molecule has 151 valence electrons. The Morgan fingerprint density at radius 1 is 1.00 bits per heavy atom. The Bertz CT molecular complexity index is 541. The number of aromatic nitrogens is 2. The predicted molar refractivity (Wildman–Crippen MR) is 96.0 cm³/mol. The summed E-state index contributed by atoms with van der Waals surface area (Å²) < 4.78 is 0. The summed E-state index contributed by atoms with van der Waals surface area (Å²) in [5.41, 5.74) is 0.859. The molecular formula is C16H24N5O5Tc-. The number of carboxylic acids is 1. The molecule has 2 aromatic heterocycles. The summed E-state index contributed by atoms with van der Waals surface area (Å²) >= 11 is 0. The maximum Gasteiger partial charge on any atom is 0.317 e. The third kappa shape index (κ3) is 13.8. The molecule has 0 aliphatic rings. The molecule has 0 aromatic carbocycles. The largest absolute Gasteiger partial charge is 0.585 e. The van der Waals surface area contributed by atoms with Crippen LogP contribution in [0.1, 0.15) is 0 Å². The van der Waals surface area contributed by atoms with E-state index in [2.05, 4.69) is 20.7 Å². The number of hydrogen-bond acceptors (Lipinski definition) is 8. The van der Waals surface area contributed by atoms with Crippen molar-refractivity contribution < 1.29 is 45.3 Å². The van der Waals surface area contributed by atoms with Crippen molar-refractivity contribution in [3.63, 3.8) is 0 Å². The SMILES string of the molecule is O=C(O)CNC(CO)(CO)CO.[NH-]Nc1ccccn1.[Tc].c1ccncc1. The Morgan fingerprint density at radius 2 is 1.56 bits per heavy atom. The molecule has 1 radical (unpaired) electrons. The average Bonchev–Trinajstić information content (AvgIpc) is 2.72. The zero-order valence-electron chi connectivity index (χ0n) is 14.5. The minimum Gasteiger partial charge on any atom is -0.585 e. The number of aliphatic hydroxyl groups is 3. The first-order chi connectivity index (χ1) is 12.5. The maximum absolute atomic E-state index is 10.1. The van der Waals surface area contributed by atoms with Gasteiger partial charge in [-0.15, -0.1) is 0 Å². The van der Waals surface area contributed by atoms with Gasteiger partial charge in [-0.3, -0.25) is 15.1 Å². The standard InChI is InChI=1S/C6H13NO5.C5H6N3.C5H5N.Tc/c8-2-6(3-9,4-10)7-1-5(11)12;6-8-5-3-1-2-4-7-5;1-2-4-6-5-3-1;/h7-10H,1-4H2,(H,11,12);1-4,6H,(H,7,8);1-5H;/q;-1;;. The average molecular weight is 464 g/mol. The van der Waals surface area contributed by atoms with Crippen molar-refractivity contribution in [1.82, 2.24) is 15.3 Å². The smallest absolute Gasteiger partial charge is 0.317 e. The number of nitrogens with zero attached hydrogens (tertiary/aromatic N) is 2. The number of carboxylic acid groups (broad SMARTS) is 1. The second-order valence-electron chi connectivity index (χ2n) is 4.87. The summed E-state index contributed by atoms with van der Waals surface area (Å²) in [6, 6.07) is 11.1. The summed E-state index contributed by atoms with van der Waals surface area (Å²) in [4.78, 5) is 17.7. The molecule has 0 spiro atoms. The molecule has 0 fully saturated rings. The molecule has 0 bridgehead atoms. The van der Waals surface area contributed by atoms with Gasteiger partial charge in [0.25, 0.3) is 0 Å². The van der Waals surface area contributed by atoms with E-state index in [1.807, 2.05) is 24.3 Å². The van der Waals surface area contributed by atoms with Crippen LogP contribution in [0.3, 0.4) is 0 Å². The van der Waals surface area contributed by atoms with Gasteiger partial charge in [0.1, 0.15) is 5.82 Å². The topological polar surface area (TPSA) is 172 Å². The minimum atomic E-state index is -1.31. The third-order valence-electron chi connectivity index (χ3n) is 2.88. The van der Waals surface area contributed by atoms with Crippen LogP contribution in [0.5, 0.6) is 0 Å². The van der Waals surface area contributed by atoms with Gasteiger partial charge in [-0.1, -0.05) is 12.1 Å². The predicted octanol–water partition coefficient (Wildman–Crippen LogP) is -0.0839. The molecule has 0 saturated carbocycles. The van der Waals surface area contributed by atoms with Crippen LogP contribution < -0.4 is 10.7 Å². The second kappa shape index (κ2) is 17.4. The van der Waals surface area contributed by atoms with Gasteiger partial charge in [-0.05, 0) is 24.3 Å². The Labute approximate surface area is 170 Å². The zero-order chi connectivity index (χ0) is 19.7. The van der Waals surface area contributed by atoms with Crippen LogP contribution in [0.25, 0.3) is 5.84 Å². The van der Waals surface area contributed by atoms with E-state index in [0.717, 1.165) is 0 Å². The molecule has 7 N–H and O–H groups in total. The van der Waals surface area contributed by atoms with Crippen molar-refractivity contribution in [2.24, 2.45) is 0 Å². The quantitative estimate of drug-likeness (QED) is 0.307. The number of aliphatic hydroxyl groups excluding tert-OH is 3. The number of nitrogens with one attached hydrogen (secondary N) is 3. The van der Waals surface area contributed by atoms with Crippen molar-refractivity contribution >= 4 is 11.8 Å². The number of carbonyl (C=O) groups is 1. The normalized spacial score (nSPS) is 9.48. The molecule has 0 atom stereocenters. The van der Waals surface area contributed by atoms with Crippen molar-refractivity contribution in [3.05, 3.63) is 60.8 Å². The van der Waals surface area contributed by atoms with E-state index >= 15 is 0 Å². The summed E-state index contributed by atoms with van der Waals surface area (Å²) in [5.74, 6) is 6.09. The maximum atomic E-state index is 10.1. The van der Waals surface area contributed by atoms with Crippen LogP contribution in [-0.2, 0) is 24.9 Å². The van der Waals surface area contributed by atoms with E-state index < -0.39 is 37.9 Å². The van der Waals surface area contributed by atoms with Gasteiger partial charge < -0.3 is 31.7 Å². The number of rotatable bonds is 7. The molecule has 11 heteroatoms. The van der Waals surface area contributed by atoms with Gasteiger partial charge in [0.05, 0.1) is 31.9 Å². The Morgan fingerprint density at radius 3 is 1.81 bits per heavy atom. The van der Waals surface area contributed by atoms with E-state index in [-0.39, 0.29) is 20.1 Å². The van der Waals surface area contributed by atoms with Crippen molar-refractivity contribution in [2.45, 2.75) is 5.54 Å². The fraction of sp³-hybridized carbons (Fsp3) is 0.312. The Kier molecular flexibility index (Phi) is 17.6. The van der Waals surface area contributed by atoms with Crippen LogP contribution >= 0.6 is 0 Å². The zero-order valence-corrected chi connectivity index (χ0v) is 16.4. The first kappa shape index (κ1) is 27.2. The van der Waals surface area contributed by atoms with E-state index in [9.17, 15) is 4.79 Å². The summed E-state index contributed by atoms with van der Waals surface area (Å²) in [5, 5.41) is 36.7. The number of aliphatic carboxylic acids is 1. The summed E-state index contributed by atoms with van der Waals surface area (Å²) in [6.45, 7) is -1.98. The van der Waals surface area contributed by atoms with Crippen LogP contribution in [0.4, 0.5) is 5.82 Å². The molecule has 0 aliphatic heterocycles. The molecule has 2 rings (SSSR count). The fourth-order valence-corrected chi connectivity index (χ4v) is 1.33. The van der Waals surface area contributed by atoms with E-state index in [4.69, 9.17) is 26.3 Å². The van der Waals surface area contributed by atoms with Crippen molar-refractivity contribution in [3.8, 4) is 0 Å². The molecule has 0 saturated heterocycles. The van der Waals surface area contributed by atoms with Crippen molar-refractivity contribution in [1.29, 1.82) is 0 Å². The minimum absolute atomic E-state index is 0. The molecule has 2 aromatic rings. The Balaban J connectivity index is 0. The first-order valence-electron chi connectivity index (χ1n) is 7.51. The van der Waals surface area contributed by atoms with Gasteiger partial charge in [-0.25, -0.2) is 4.98 Å². The molecule has 0 amide bonds. The number of hydrogen-bond donors (Lipinski definition) is 6. The van der Waals surface area contributed by atoms with Crippen LogP contribution in [0.2, 0.25) is 0 Å². The summed E-state index contributed by atoms with van der Waals surface area (Å²) in [7, 11) is 0. The van der Waals surface area contributed by atoms with Crippen molar-refractivity contribution in [2.75, 3.05) is 31.8 Å². The van der Waals surface area contributed by atoms with Crippen LogP contribution in [-0.4, -0.2) is 68.3 Å². The van der Waals surface area contributed by atoms with Gasteiger partial charge in [-0.2, -0.15) is 0 Å². The van der Waals surface area contributed by atoms with E-state index in [1.165, 1.54) is 0 Å². The molecule has 2 heterocycles. The number of pyridine rings is 2. The van der Waals surface area contributed by atoms with Crippen LogP contribution in [0.15, 0.2) is 55.0 Å². The molecule has 0 unspecified atom stereocenters. The number of anilines is 1. The molecule has 10 nitrogen and oxygen atoms in total. The fourth-order valence-electron chi connectivity index (χ4n) is 1.33. The molecule has 27 heavy (non-hydrogen) atoms. The third-order valence-corrected chi connectivity index (χ3v) is 2.88. The molecular weight excluding hydrogens is 440 g/mol.